The molecule has 1 saturated heterocycles. The molecule has 0 atom stereocenters. The van der Waals surface area contributed by atoms with Crippen LogP contribution in [-0.2, 0) is 9.53 Å². The van der Waals surface area contributed by atoms with Crippen molar-refractivity contribution in [3.05, 3.63) is 0 Å². The second-order valence-corrected chi connectivity index (χ2v) is 9.76. The Morgan fingerprint density at radius 2 is 1.70 bits per heavy atom. The number of ether oxygens (including phenoxy) is 1. The maximum Gasteiger partial charge on any atom is 0.308 e. The van der Waals surface area contributed by atoms with Crippen molar-refractivity contribution in [2.75, 3.05) is 18.1 Å². The van der Waals surface area contributed by atoms with Crippen LogP contribution >= 0.6 is 23.5 Å². The van der Waals surface area contributed by atoms with Gasteiger partial charge in [0.05, 0.1) is 17.1 Å². The van der Waals surface area contributed by atoms with Gasteiger partial charge in [-0.25, -0.2) is 0 Å². The average molecular weight is 359 g/mol. The second-order valence-electron chi connectivity index (χ2n) is 7.11. The molecule has 2 aliphatic rings. The van der Waals surface area contributed by atoms with Gasteiger partial charge in [0.2, 0.25) is 0 Å². The Morgan fingerprint density at radius 3 is 2.30 bits per heavy atom. The SMILES string of the molecule is CCCCCCC1CSC(C2CCC(C(=O)OCC)CC2)SC1. The van der Waals surface area contributed by atoms with E-state index in [1.807, 2.05) is 6.92 Å². The molecule has 0 unspecified atom stereocenters. The summed E-state index contributed by atoms with van der Waals surface area (Å²) in [4.78, 5) is 11.8. The minimum atomic E-state index is 0.0436. The van der Waals surface area contributed by atoms with Crippen LogP contribution in [0.15, 0.2) is 0 Å². The third-order valence-electron chi connectivity index (χ3n) is 5.23. The zero-order chi connectivity index (χ0) is 16.5. The summed E-state index contributed by atoms with van der Waals surface area (Å²) in [5, 5.41) is 0. The predicted molar refractivity (Wildman–Crippen MR) is 103 cm³/mol. The first-order valence-corrected chi connectivity index (χ1v) is 11.7. The number of carbonyl (C=O) groups is 1. The largest absolute Gasteiger partial charge is 0.466 e. The van der Waals surface area contributed by atoms with E-state index in [9.17, 15) is 4.79 Å². The Morgan fingerprint density at radius 1 is 1.00 bits per heavy atom. The average Bonchev–Trinajstić information content (AvgIpc) is 2.60. The fourth-order valence-corrected chi connectivity index (χ4v) is 7.33. The van der Waals surface area contributed by atoms with Gasteiger partial charge in [-0.1, -0.05) is 32.6 Å². The first-order valence-electron chi connectivity index (χ1n) is 9.64. The van der Waals surface area contributed by atoms with Gasteiger partial charge in [0.1, 0.15) is 0 Å². The Bertz CT molecular complexity index is 332. The van der Waals surface area contributed by atoms with E-state index in [2.05, 4.69) is 30.4 Å². The smallest absolute Gasteiger partial charge is 0.308 e. The minimum Gasteiger partial charge on any atom is -0.466 e. The van der Waals surface area contributed by atoms with Crippen molar-refractivity contribution in [3.63, 3.8) is 0 Å². The highest BCUT2D eigenvalue weighted by Gasteiger charge is 2.34. The molecule has 0 amide bonds. The maximum absolute atomic E-state index is 11.8. The Balaban J connectivity index is 1.62. The molecule has 2 fully saturated rings. The van der Waals surface area contributed by atoms with Gasteiger partial charge in [-0.05, 0) is 62.4 Å². The molecular formula is C19H34O2S2. The number of unbranched alkanes of at least 4 members (excludes halogenated alkanes) is 3. The number of thioether (sulfide) groups is 2. The van der Waals surface area contributed by atoms with Gasteiger partial charge in [-0.3, -0.25) is 4.79 Å². The summed E-state index contributed by atoms with van der Waals surface area (Å²) in [5.41, 5.74) is 0. The monoisotopic (exact) mass is 358 g/mol. The summed E-state index contributed by atoms with van der Waals surface area (Å²) in [6.07, 6.45) is 11.5. The number of hydrogen-bond donors (Lipinski definition) is 0. The molecule has 134 valence electrons. The van der Waals surface area contributed by atoms with E-state index in [1.54, 1.807) is 0 Å². The Labute approximate surface area is 151 Å². The van der Waals surface area contributed by atoms with Gasteiger partial charge < -0.3 is 4.74 Å². The molecule has 4 heteroatoms. The van der Waals surface area contributed by atoms with Crippen molar-refractivity contribution >= 4 is 29.5 Å². The van der Waals surface area contributed by atoms with E-state index >= 15 is 0 Å². The van der Waals surface area contributed by atoms with Crippen LogP contribution in [0.4, 0.5) is 0 Å². The van der Waals surface area contributed by atoms with Crippen molar-refractivity contribution in [2.45, 2.75) is 76.2 Å². The van der Waals surface area contributed by atoms with E-state index in [4.69, 9.17) is 4.74 Å². The molecule has 1 heterocycles. The molecule has 2 rings (SSSR count). The third-order valence-corrected chi connectivity index (χ3v) is 8.81. The lowest BCUT2D eigenvalue weighted by Crippen LogP contribution is -2.30. The van der Waals surface area contributed by atoms with Crippen LogP contribution in [0, 0.1) is 17.8 Å². The predicted octanol–water partition coefficient (Wildman–Crippen LogP) is 5.75. The fraction of sp³-hybridized carbons (Fsp3) is 0.947. The standard InChI is InChI=1S/C19H34O2S2/c1-3-5-6-7-8-15-13-22-19(23-14-15)17-11-9-16(10-12-17)18(20)21-4-2/h15-17,19H,3-14H2,1-2H3. The van der Waals surface area contributed by atoms with Gasteiger partial charge in [-0.2, -0.15) is 0 Å². The molecular weight excluding hydrogens is 324 g/mol. The molecule has 1 saturated carbocycles. The molecule has 0 aromatic carbocycles. The van der Waals surface area contributed by atoms with E-state index in [-0.39, 0.29) is 11.9 Å². The Kier molecular flexibility index (Phi) is 9.25. The van der Waals surface area contributed by atoms with Crippen molar-refractivity contribution in [2.24, 2.45) is 17.8 Å². The molecule has 1 aliphatic carbocycles. The molecule has 2 nitrogen and oxygen atoms in total. The van der Waals surface area contributed by atoms with E-state index in [1.165, 1.54) is 56.5 Å². The molecule has 0 N–H and O–H groups in total. The van der Waals surface area contributed by atoms with E-state index in [0.717, 1.165) is 29.3 Å². The fourth-order valence-electron chi connectivity index (χ4n) is 3.74. The molecule has 1 aliphatic heterocycles. The quantitative estimate of drug-likeness (QED) is 0.408. The van der Waals surface area contributed by atoms with Crippen LogP contribution < -0.4 is 0 Å². The lowest BCUT2D eigenvalue weighted by atomic mass is 9.83. The number of esters is 1. The lowest BCUT2D eigenvalue weighted by Gasteiger charge is -2.36. The minimum absolute atomic E-state index is 0.0436. The van der Waals surface area contributed by atoms with E-state index in [0.29, 0.717) is 6.61 Å². The van der Waals surface area contributed by atoms with Crippen molar-refractivity contribution < 1.29 is 9.53 Å². The summed E-state index contributed by atoms with van der Waals surface area (Å²) < 4.78 is 5.96. The molecule has 0 radical (unpaired) electrons. The van der Waals surface area contributed by atoms with Crippen LogP contribution in [-0.4, -0.2) is 28.7 Å². The second kappa shape index (κ2) is 10.9. The van der Waals surface area contributed by atoms with Crippen molar-refractivity contribution in [1.29, 1.82) is 0 Å². The molecule has 0 spiro atoms. The highest BCUT2D eigenvalue weighted by atomic mass is 32.2. The summed E-state index contributed by atoms with van der Waals surface area (Å²) in [7, 11) is 0. The van der Waals surface area contributed by atoms with Gasteiger partial charge >= 0.3 is 5.97 Å². The van der Waals surface area contributed by atoms with Crippen molar-refractivity contribution in [3.8, 4) is 0 Å². The Hall–Kier alpha value is 0.170. The number of carbonyl (C=O) groups excluding carboxylic acids is 1. The van der Waals surface area contributed by atoms with Crippen LogP contribution in [0.5, 0.6) is 0 Å². The van der Waals surface area contributed by atoms with Crippen LogP contribution in [0.2, 0.25) is 0 Å². The highest BCUT2D eigenvalue weighted by molar-refractivity contribution is 8.17. The summed E-state index contributed by atoms with van der Waals surface area (Å²) in [6, 6.07) is 0. The van der Waals surface area contributed by atoms with Crippen molar-refractivity contribution in [1.82, 2.24) is 0 Å². The van der Waals surface area contributed by atoms with Crippen LogP contribution in [0.3, 0.4) is 0 Å². The van der Waals surface area contributed by atoms with E-state index < -0.39 is 0 Å². The highest BCUT2D eigenvalue weighted by Crippen LogP contribution is 2.45. The van der Waals surface area contributed by atoms with Gasteiger partial charge in [0, 0.05) is 0 Å². The molecule has 0 aromatic rings. The summed E-state index contributed by atoms with van der Waals surface area (Å²) >= 11 is 4.42. The molecule has 0 bridgehead atoms. The van der Waals surface area contributed by atoms with Crippen LogP contribution in [0.25, 0.3) is 0 Å². The number of rotatable bonds is 8. The first kappa shape index (κ1) is 19.5. The molecule has 23 heavy (non-hydrogen) atoms. The normalized spacial score (nSPS) is 31.7. The summed E-state index contributed by atoms with van der Waals surface area (Å²) in [5.74, 6) is 4.70. The van der Waals surface area contributed by atoms with Gasteiger partial charge in [-0.15, -0.1) is 23.5 Å². The van der Waals surface area contributed by atoms with Gasteiger partial charge in [0.15, 0.2) is 0 Å². The topological polar surface area (TPSA) is 26.3 Å². The van der Waals surface area contributed by atoms with Gasteiger partial charge in [0.25, 0.3) is 0 Å². The first-order chi connectivity index (χ1) is 11.2. The zero-order valence-electron chi connectivity index (χ0n) is 14.9. The third kappa shape index (κ3) is 6.53. The molecule has 0 aromatic heterocycles. The lowest BCUT2D eigenvalue weighted by molar-refractivity contribution is -0.149. The maximum atomic E-state index is 11.8. The number of hydrogen-bond acceptors (Lipinski definition) is 4. The van der Waals surface area contributed by atoms with Crippen LogP contribution in [0.1, 0.15) is 71.6 Å². The summed E-state index contributed by atoms with van der Waals surface area (Å²) in [6.45, 7) is 4.71. The zero-order valence-corrected chi connectivity index (χ0v) is 16.6.